The lowest BCUT2D eigenvalue weighted by atomic mass is 10.1. The van der Waals surface area contributed by atoms with E-state index < -0.39 is 12.8 Å². The molecule has 0 fully saturated rings. The predicted octanol–water partition coefficient (Wildman–Crippen LogP) is 2.00. The lowest BCUT2D eigenvalue weighted by molar-refractivity contribution is -0.174. The van der Waals surface area contributed by atoms with Gasteiger partial charge < -0.3 is 10.5 Å². The molecule has 0 aliphatic heterocycles. The van der Waals surface area contributed by atoms with Crippen LogP contribution in [-0.2, 0) is 4.74 Å². The van der Waals surface area contributed by atoms with Gasteiger partial charge in [-0.1, -0.05) is 11.6 Å². The molecule has 0 saturated heterocycles. The Bertz CT molecular complexity index is 213. The van der Waals surface area contributed by atoms with Gasteiger partial charge in [0.25, 0.3) is 0 Å². The van der Waals surface area contributed by atoms with Crippen molar-refractivity contribution in [1.29, 1.82) is 0 Å². The summed E-state index contributed by atoms with van der Waals surface area (Å²) in [5.74, 6) is 0. The molecular weight excluding hydrogens is 195 g/mol. The van der Waals surface area contributed by atoms with E-state index in [1.54, 1.807) is 0 Å². The molecule has 0 heterocycles. The quantitative estimate of drug-likeness (QED) is 0.719. The number of hydrogen-bond acceptors (Lipinski definition) is 2. The number of halogens is 3. The van der Waals surface area contributed by atoms with Crippen LogP contribution in [-0.4, -0.2) is 25.4 Å². The second kappa shape index (κ2) is 4.79. The van der Waals surface area contributed by atoms with Crippen LogP contribution in [0.4, 0.5) is 13.2 Å². The maximum Gasteiger partial charge on any atom is 0.411 e. The molecule has 1 rings (SSSR count). The molecule has 1 atom stereocenters. The lowest BCUT2D eigenvalue weighted by Gasteiger charge is -2.14. The first-order chi connectivity index (χ1) is 6.49. The van der Waals surface area contributed by atoms with Crippen molar-refractivity contribution in [2.75, 3.05) is 13.2 Å². The van der Waals surface area contributed by atoms with Crippen LogP contribution in [0.1, 0.15) is 19.3 Å². The number of hydrogen-bond donors (Lipinski definition) is 1. The zero-order chi connectivity index (χ0) is 10.6. The summed E-state index contributed by atoms with van der Waals surface area (Å²) in [4.78, 5) is 0. The molecule has 0 saturated carbocycles. The highest BCUT2D eigenvalue weighted by atomic mass is 19.4. The molecule has 1 aliphatic carbocycles. The lowest BCUT2D eigenvalue weighted by Crippen LogP contribution is -2.30. The van der Waals surface area contributed by atoms with Gasteiger partial charge in [-0.25, -0.2) is 0 Å². The Labute approximate surface area is 80.9 Å². The molecule has 1 aliphatic rings. The summed E-state index contributed by atoms with van der Waals surface area (Å²) >= 11 is 0. The third kappa shape index (κ3) is 4.11. The Morgan fingerprint density at radius 2 is 2.21 bits per heavy atom. The van der Waals surface area contributed by atoms with Gasteiger partial charge in [0.2, 0.25) is 0 Å². The highest BCUT2D eigenvalue weighted by molar-refractivity contribution is 5.14. The van der Waals surface area contributed by atoms with Gasteiger partial charge >= 0.3 is 6.18 Å². The number of alkyl halides is 3. The van der Waals surface area contributed by atoms with Gasteiger partial charge in [0, 0.05) is 6.04 Å². The smallest absolute Gasteiger partial charge is 0.370 e. The van der Waals surface area contributed by atoms with Crippen LogP contribution in [0.2, 0.25) is 0 Å². The molecule has 0 radical (unpaired) electrons. The number of ether oxygens (including phenoxy) is 1. The Kier molecular flexibility index (Phi) is 3.95. The Morgan fingerprint density at radius 1 is 1.50 bits per heavy atom. The standard InChI is InChI=1S/C9H14F3NO/c10-9(11,12)6-14-5-8(13)7-3-1-2-4-7/h3,8H,1-2,4-6,13H2. The van der Waals surface area contributed by atoms with Crippen molar-refractivity contribution in [2.45, 2.75) is 31.5 Å². The van der Waals surface area contributed by atoms with E-state index in [2.05, 4.69) is 4.74 Å². The summed E-state index contributed by atoms with van der Waals surface area (Å²) in [6, 6.07) is -0.375. The van der Waals surface area contributed by atoms with E-state index in [4.69, 9.17) is 5.73 Å². The minimum absolute atomic E-state index is 0.0503. The fourth-order valence-corrected chi connectivity index (χ4v) is 1.44. The molecule has 14 heavy (non-hydrogen) atoms. The van der Waals surface area contributed by atoms with E-state index in [1.165, 1.54) is 0 Å². The van der Waals surface area contributed by atoms with E-state index in [-0.39, 0.29) is 12.6 Å². The van der Waals surface area contributed by atoms with Gasteiger partial charge in [-0.2, -0.15) is 13.2 Å². The molecule has 0 aromatic rings. The fraction of sp³-hybridized carbons (Fsp3) is 0.778. The van der Waals surface area contributed by atoms with E-state index in [0.717, 1.165) is 24.8 Å². The maximum absolute atomic E-state index is 11.7. The minimum Gasteiger partial charge on any atom is -0.370 e. The van der Waals surface area contributed by atoms with Crippen molar-refractivity contribution in [2.24, 2.45) is 5.73 Å². The maximum atomic E-state index is 11.7. The summed E-state index contributed by atoms with van der Waals surface area (Å²) in [5.41, 5.74) is 6.67. The summed E-state index contributed by atoms with van der Waals surface area (Å²) in [6.45, 7) is -1.26. The largest absolute Gasteiger partial charge is 0.411 e. The molecule has 5 heteroatoms. The molecule has 0 spiro atoms. The van der Waals surface area contributed by atoms with Crippen LogP contribution in [0.5, 0.6) is 0 Å². The van der Waals surface area contributed by atoms with E-state index in [0.29, 0.717) is 0 Å². The molecule has 2 nitrogen and oxygen atoms in total. The molecule has 1 unspecified atom stereocenters. The summed E-state index contributed by atoms with van der Waals surface area (Å²) in [5, 5.41) is 0. The van der Waals surface area contributed by atoms with Crippen molar-refractivity contribution in [3.8, 4) is 0 Å². The van der Waals surface area contributed by atoms with Gasteiger partial charge in [-0.05, 0) is 19.3 Å². The molecular formula is C9H14F3NO. The fourth-order valence-electron chi connectivity index (χ4n) is 1.44. The average molecular weight is 209 g/mol. The topological polar surface area (TPSA) is 35.2 Å². The first-order valence-corrected chi connectivity index (χ1v) is 4.58. The summed E-state index contributed by atoms with van der Waals surface area (Å²) < 4.78 is 39.6. The number of nitrogens with two attached hydrogens (primary N) is 1. The van der Waals surface area contributed by atoms with E-state index in [1.807, 2.05) is 6.08 Å². The Morgan fingerprint density at radius 3 is 2.71 bits per heavy atom. The van der Waals surface area contributed by atoms with Crippen LogP contribution in [0.15, 0.2) is 11.6 Å². The predicted molar refractivity (Wildman–Crippen MR) is 46.8 cm³/mol. The van der Waals surface area contributed by atoms with Gasteiger partial charge in [0.15, 0.2) is 0 Å². The van der Waals surface area contributed by atoms with Crippen molar-refractivity contribution in [1.82, 2.24) is 0 Å². The number of allylic oxidation sites excluding steroid dienone is 1. The second-order valence-electron chi connectivity index (χ2n) is 3.41. The Hall–Kier alpha value is -0.550. The van der Waals surface area contributed by atoms with Crippen molar-refractivity contribution in [3.63, 3.8) is 0 Å². The first-order valence-electron chi connectivity index (χ1n) is 4.58. The van der Waals surface area contributed by atoms with Crippen LogP contribution in [0, 0.1) is 0 Å². The van der Waals surface area contributed by atoms with Gasteiger partial charge in [0.05, 0.1) is 6.61 Å². The third-order valence-electron chi connectivity index (χ3n) is 2.12. The van der Waals surface area contributed by atoms with Crippen LogP contribution in [0.3, 0.4) is 0 Å². The molecule has 0 amide bonds. The zero-order valence-electron chi connectivity index (χ0n) is 7.81. The normalized spacial score (nSPS) is 19.6. The highest BCUT2D eigenvalue weighted by Crippen LogP contribution is 2.20. The summed E-state index contributed by atoms with van der Waals surface area (Å²) in [7, 11) is 0. The third-order valence-corrected chi connectivity index (χ3v) is 2.12. The SMILES string of the molecule is NC(COCC(F)(F)F)C1=CCCC1. The number of rotatable bonds is 4. The molecule has 0 aromatic heterocycles. The van der Waals surface area contributed by atoms with Crippen LogP contribution in [0.25, 0.3) is 0 Å². The van der Waals surface area contributed by atoms with Crippen molar-refractivity contribution < 1.29 is 17.9 Å². The van der Waals surface area contributed by atoms with Crippen molar-refractivity contribution >= 4 is 0 Å². The van der Waals surface area contributed by atoms with E-state index >= 15 is 0 Å². The summed E-state index contributed by atoms with van der Waals surface area (Å²) in [6.07, 6.45) is 0.631. The Balaban J connectivity index is 2.18. The molecule has 2 N–H and O–H groups in total. The zero-order valence-corrected chi connectivity index (χ0v) is 7.81. The van der Waals surface area contributed by atoms with Gasteiger partial charge in [-0.3, -0.25) is 0 Å². The highest BCUT2D eigenvalue weighted by Gasteiger charge is 2.28. The van der Waals surface area contributed by atoms with Gasteiger partial charge in [0.1, 0.15) is 6.61 Å². The first kappa shape index (κ1) is 11.5. The van der Waals surface area contributed by atoms with Crippen LogP contribution < -0.4 is 5.73 Å². The van der Waals surface area contributed by atoms with E-state index in [9.17, 15) is 13.2 Å². The second-order valence-corrected chi connectivity index (χ2v) is 3.41. The molecule has 82 valence electrons. The van der Waals surface area contributed by atoms with Crippen molar-refractivity contribution in [3.05, 3.63) is 11.6 Å². The average Bonchev–Trinajstić information content (AvgIpc) is 2.53. The van der Waals surface area contributed by atoms with Gasteiger partial charge in [-0.15, -0.1) is 0 Å². The minimum atomic E-state index is -4.26. The molecule has 0 aromatic carbocycles. The molecule has 0 bridgehead atoms. The van der Waals surface area contributed by atoms with Crippen LogP contribution >= 0.6 is 0 Å². The monoisotopic (exact) mass is 209 g/mol.